The van der Waals surface area contributed by atoms with Crippen LogP contribution in [0.1, 0.15) is 45.0 Å². The number of aryl methyl sites for hydroxylation is 1. The summed E-state index contributed by atoms with van der Waals surface area (Å²) in [5.41, 5.74) is 0.592. The van der Waals surface area contributed by atoms with E-state index in [9.17, 15) is 18.8 Å². The van der Waals surface area contributed by atoms with Gasteiger partial charge in [0, 0.05) is 42.7 Å². The summed E-state index contributed by atoms with van der Waals surface area (Å²) in [4.78, 5) is 44.5. The van der Waals surface area contributed by atoms with Crippen LogP contribution < -0.4 is 19.9 Å². The zero-order chi connectivity index (χ0) is 32.2. The number of amides is 2. The Morgan fingerprint density at radius 2 is 1.87 bits per heavy atom. The minimum absolute atomic E-state index is 0.00719. The van der Waals surface area contributed by atoms with Crippen LogP contribution in [0.4, 0.5) is 8.78 Å². The monoisotopic (exact) mass is 644 g/mol. The fourth-order valence-electron chi connectivity index (χ4n) is 6.35. The summed E-state index contributed by atoms with van der Waals surface area (Å²) in [6.45, 7) is 3.71. The van der Waals surface area contributed by atoms with Gasteiger partial charge in [0.05, 0.1) is 5.54 Å². The van der Waals surface area contributed by atoms with Crippen molar-refractivity contribution >= 4 is 23.2 Å². The third kappa shape index (κ3) is 4.84. The number of fused-ring (bicyclic) bond motifs is 6. The van der Waals surface area contributed by atoms with Crippen molar-refractivity contribution < 1.29 is 27.8 Å². The quantitative estimate of drug-likeness (QED) is 0.298. The molecule has 1 spiro atoms. The molecule has 2 amide bonds. The van der Waals surface area contributed by atoms with Gasteiger partial charge in [0.15, 0.2) is 23.0 Å². The van der Waals surface area contributed by atoms with E-state index >= 15 is 4.39 Å². The molecule has 9 nitrogen and oxygen atoms in total. The van der Waals surface area contributed by atoms with Crippen LogP contribution in [0.3, 0.4) is 0 Å². The van der Waals surface area contributed by atoms with Crippen LogP contribution in [0, 0.1) is 18.6 Å². The number of aromatic nitrogens is 1. The van der Waals surface area contributed by atoms with Crippen LogP contribution in [0.15, 0.2) is 83.1 Å². The highest BCUT2D eigenvalue weighted by molar-refractivity contribution is 7.10. The smallest absolute Gasteiger partial charge is 0.278 e. The van der Waals surface area contributed by atoms with Crippen LogP contribution >= 0.6 is 11.3 Å². The predicted octanol–water partition coefficient (Wildman–Crippen LogP) is 4.77. The standard InChI is InChI=1S/C34H30F2N4O5S/c1-21-12-16-46-32(21)28-24-9-10-25(35)27(36)30(24)44-15-6-13-34(18-37(19-34)22(2)41)38-20-40(28)39-14-11-26(42)31(29(39)33(38)43)45-17-23-7-4-3-5-8-23/h3-14,16,28H,15,17-20H2,1-2H3/b13-6+. The lowest BCUT2D eigenvalue weighted by atomic mass is 9.86. The number of carbonyl (C=O) groups excluding carboxylic acids is 2. The van der Waals surface area contributed by atoms with E-state index in [2.05, 4.69) is 0 Å². The average Bonchev–Trinajstić information content (AvgIpc) is 3.44. The molecule has 0 radical (unpaired) electrons. The van der Waals surface area contributed by atoms with Gasteiger partial charge in [-0.05, 0) is 47.7 Å². The first-order chi connectivity index (χ1) is 22.2. The van der Waals surface area contributed by atoms with Gasteiger partial charge in [-0.2, -0.15) is 4.39 Å². The number of pyridine rings is 1. The van der Waals surface area contributed by atoms with Gasteiger partial charge in [0.2, 0.25) is 17.2 Å². The first-order valence-corrected chi connectivity index (χ1v) is 15.7. The molecule has 1 saturated heterocycles. The molecule has 236 valence electrons. The first-order valence-electron chi connectivity index (χ1n) is 14.8. The van der Waals surface area contributed by atoms with E-state index in [1.807, 2.05) is 53.7 Å². The molecule has 2 bridgehead atoms. The number of nitrogens with zero attached hydrogens (tertiary/aromatic N) is 4. The maximum atomic E-state index is 15.6. The lowest BCUT2D eigenvalue weighted by Gasteiger charge is -2.57. The summed E-state index contributed by atoms with van der Waals surface area (Å²) >= 11 is 1.43. The molecule has 1 fully saturated rings. The van der Waals surface area contributed by atoms with E-state index in [1.165, 1.54) is 36.6 Å². The van der Waals surface area contributed by atoms with Gasteiger partial charge in [-0.25, -0.2) is 4.39 Å². The number of benzene rings is 2. The Hall–Kier alpha value is -4.97. The predicted molar refractivity (Wildman–Crippen MR) is 168 cm³/mol. The Kier molecular flexibility index (Phi) is 7.39. The Bertz CT molecular complexity index is 1940. The maximum Gasteiger partial charge on any atom is 0.278 e. The largest absolute Gasteiger partial charge is 0.486 e. The molecule has 12 heteroatoms. The van der Waals surface area contributed by atoms with E-state index < -0.39 is 34.6 Å². The maximum absolute atomic E-state index is 15.6. The van der Waals surface area contributed by atoms with Crippen molar-refractivity contribution in [2.75, 3.05) is 31.4 Å². The molecule has 46 heavy (non-hydrogen) atoms. The fourth-order valence-corrected chi connectivity index (χ4v) is 7.41. The molecule has 3 aliphatic rings. The molecule has 2 aromatic carbocycles. The lowest BCUT2D eigenvalue weighted by molar-refractivity contribution is -0.139. The SMILES string of the molecule is CC(=O)N1CC2(/C=C/COc3c(ccc(F)c3F)C(c3sccc3C)N3CN2C(=O)c2c(OCc4ccccc4)c(=O)ccn23)C1. The average molecular weight is 645 g/mol. The van der Waals surface area contributed by atoms with Gasteiger partial charge in [-0.3, -0.25) is 24.1 Å². The minimum atomic E-state index is -1.12. The second-order valence-corrected chi connectivity index (χ2v) is 12.6. The number of carbonyl (C=O) groups is 2. The van der Waals surface area contributed by atoms with Crippen LogP contribution in [-0.4, -0.2) is 58.2 Å². The molecular weight excluding hydrogens is 614 g/mol. The zero-order valence-corrected chi connectivity index (χ0v) is 25.9. The summed E-state index contributed by atoms with van der Waals surface area (Å²) in [5, 5.41) is 3.74. The van der Waals surface area contributed by atoms with Gasteiger partial charge in [0.1, 0.15) is 25.9 Å². The summed E-state index contributed by atoms with van der Waals surface area (Å²) in [6, 6.07) is 14.3. The van der Waals surface area contributed by atoms with Crippen molar-refractivity contribution in [1.29, 1.82) is 0 Å². The van der Waals surface area contributed by atoms with Crippen molar-refractivity contribution in [3.63, 3.8) is 0 Å². The molecule has 0 saturated carbocycles. The van der Waals surface area contributed by atoms with E-state index in [0.29, 0.717) is 5.56 Å². The Labute approximate surface area is 267 Å². The van der Waals surface area contributed by atoms with E-state index in [4.69, 9.17) is 9.47 Å². The molecule has 2 aromatic heterocycles. The molecule has 7 rings (SSSR count). The molecule has 0 aliphatic carbocycles. The third-order valence-corrected chi connectivity index (χ3v) is 9.83. The highest BCUT2D eigenvalue weighted by Crippen LogP contribution is 2.44. The van der Waals surface area contributed by atoms with Crippen molar-refractivity contribution in [3.8, 4) is 11.5 Å². The molecular formula is C34H30F2N4O5S. The van der Waals surface area contributed by atoms with E-state index in [1.54, 1.807) is 26.6 Å². The summed E-state index contributed by atoms with van der Waals surface area (Å²) in [6.07, 6.45) is 4.93. The number of rotatable bonds is 4. The first kappa shape index (κ1) is 29.7. The number of ether oxygens (including phenoxy) is 2. The molecule has 4 aromatic rings. The second kappa shape index (κ2) is 11.4. The molecule has 3 aliphatic heterocycles. The molecule has 1 unspecified atom stereocenters. The number of likely N-dealkylation sites (tertiary alicyclic amines) is 1. The lowest BCUT2D eigenvalue weighted by Crippen LogP contribution is -2.74. The number of hydrogen-bond donors (Lipinski definition) is 0. The molecule has 5 heterocycles. The van der Waals surface area contributed by atoms with Crippen LogP contribution in [0.5, 0.6) is 11.5 Å². The van der Waals surface area contributed by atoms with Crippen LogP contribution in [0.2, 0.25) is 0 Å². The van der Waals surface area contributed by atoms with Gasteiger partial charge in [0.25, 0.3) is 5.91 Å². The van der Waals surface area contributed by atoms with Crippen molar-refractivity contribution in [2.24, 2.45) is 0 Å². The summed E-state index contributed by atoms with van der Waals surface area (Å²) in [5.74, 6) is -3.16. The Balaban J connectivity index is 1.47. The van der Waals surface area contributed by atoms with Crippen molar-refractivity contribution in [3.05, 3.63) is 127 Å². The van der Waals surface area contributed by atoms with Crippen LogP contribution in [0.25, 0.3) is 0 Å². The molecule has 0 N–H and O–H groups in total. The van der Waals surface area contributed by atoms with Gasteiger partial charge < -0.3 is 19.3 Å². The van der Waals surface area contributed by atoms with Crippen LogP contribution in [-0.2, 0) is 11.4 Å². The number of halogens is 2. The Morgan fingerprint density at radius 1 is 1.09 bits per heavy atom. The fraction of sp³-hybridized carbons (Fsp3) is 0.265. The summed E-state index contributed by atoms with van der Waals surface area (Å²) in [7, 11) is 0. The highest BCUT2D eigenvalue weighted by atomic mass is 32.1. The number of hydrogen-bond acceptors (Lipinski definition) is 7. The number of thiophene rings is 1. The zero-order valence-electron chi connectivity index (χ0n) is 25.1. The van der Waals surface area contributed by atoms with Crippen molar-refractivity contribution in [2.45, 2.75) is 32.0 Å². The topological polar surface area (TPSA) is 84.3 Å². The summed E-state index contributed by atoms with van der Waals surface area (Å²) < 4.78 is 43.9. The molecule has 1 atom stereocenters. The third-order valence-electron chi connectivity index (χ3n) is 8.76. The van der Waals surface area contributed by atoms with Gasteiger partial charge >= 0.3 is 0 Å². The minimum Gasteiger partial charge on any atom is -0.486 e. The highest BCUT2D eigenvalue weighted by Gasteiger charge is 2.53. The normalized spacial score (nSPS) is 19.0. The second-order valence-electron chi connectivity index (χ2n) is 11.6. The van der Waals surface area contributed by atoms with Crippen molar-refractivity contribution in [1.82, 2.24) is 14.5 Å². The Morgan fingerprint density at radius 3 is 2.59 bits per heavy atom. The van der Waals surface area contributed by atoms with Gasteiger partial charge in [-0.15, -0.1) is 11.3 Å². The van der Waals surface area contributed by atoms with E-state index in [0.717, 1.165) is 22.1 Å². The van der Waals surface area contributed by atoms with Gasteiger partial charge in [-0.1, -0.05) is 36.4 Å². The van der Waals surface area contributed by atoms with E-state index in [-0.39, 0.29) is 56.1 Å².